The van der Waals surface area contributed by atoms with Crippen LogP contribution in [0.5, 0.6) is 0 Å². The summed E-state index contributed by atoms with van der Waals surface area (Å²) in [5.41, 5.74) is 0.104. The van der Waals surface area contributed by atoms with Crippen molar-refractivity contribution < 1.29 is 14.3 Å². The van der Waals surface area contributed by atoms with Crippen molar-refractivity contribution in [1.82, 2.24) is 0 Å². The zero-order valence-corrected chi connectivity index (χ0v) is 18.7. The Morgan fingerprint density at radius 2 is 1.42 bits per heavy atom. The molecule has 1 rings (SSSR count). The second-order valence-electron chi connectivity index (χ2n) is 8.99. The minimum absolute atomic E-state index is 0. The minimum atomic E-state index is -0.396. The standard InChI is InChI=1S/C15H28O3.C5H12.C2H6.CH4/c1-4-15(2,3)14(16)18-12-17-11-10-13-8-6-5-7-9-13;1-5(2,3)4;1-2;/h13H,4-12H2,1-3H3;1-4H3;1-2H3;1H4. The third kappa shape index (κ3) is 19.8. The van der Waals surface area contributed by atoms with Crippen LogP contribution in [0.2, 0.25) is 0 Å². The summed E-state index contributed by atoms with van der Waals surface area (Å²) in [5, 5.41) is 0. The summed E-state index contributed by atoms with van der Waals surface area (Å²) >= 11 is 0. The smallest absolute Gasteiger partial charge is 0.313 e. The van der Waals surface area contributed by atoms with Crippen molar-refractivity contribution in [2.24, 2.45) is 16.7 Å². The van der Waals surface area contributed by atoms with E-state index in [1.165, 1.54) is 32.1 Å². The van der Waals surface area contributed by atoms with Crippen molar-refractivity contribution in [2.75, 3.05) is 13.4 Å². The second kappa shape index (κ2) is 16.6. The van der Waals surface area contributed by atoms with E-state index in [1.807, 2.05) is 34.6 Å². The normalized spacial score (nSPS) is 14.8. The number of hydrogen-bond donors (Lipinski definition) is 0. The van der Waals surface area contributed by atoms with Gasteiger partial charge < -0.3 is 9.47 Å². The van der Waals surface area contributed by atoms with E-state index < -0.39 is 5.41 Å². The molecule has 0 unspecified atom stereocenters. The highest BCUT2D eigenvalue weighted by atomic mass is 16.7. The maximum Gasteiger partial charge on any atom is 0.313 e. The van der Waals surface area contributed by atoms with Gasteiger partial charge in [0.05, 0.1) is 12.0 Å². The van der Waals surface area contributed by atoms with Crippen molar-refractivity contribution in [1.29, 1.82) is 0 Å². The third-order valence-electron chi connectivity index (χ3n) is 4.11. The molecule has 1 saturated carbocycles. The van der Waals surface area contributed by atoms with Crippen molar-refractivity contribution >= 4 is 5.97 Å². The SMILES string of the molecule is C.CC.CC(C)(C)C.CCC(C)(C)C(=O)OCOCCC1CCCCC1. The molecule has 0 saturated heterocycles. The molecule has 0 heterocycles. The molecule has 0 atom stereocenters. The van der Waals surface area contributed by atoms with Gasteiger partial charge in [0.15, 0.2) is 6.79 Å². The third-order valence-corrected chi connectivity index (χ3v) is 4.11. The van der Waals surface area contributed by atoms with Crippen LogP contribution in [0.15, 0.2) is 0 Å². The van der Waals surface area contributed by atoms with Gasteiger partial charge in [0.1, 0.15) is 0 Å². The monoisotopic (exact) mass is 374 g/mol. The summed E-state index contributed by atoms with van der Waals surface area (Å²) in [4.78, 5) is 11.7. The number of rotatable bonds is 7. The van der Waals surface area contributed by atoms with Gasteiger partial charge in [0, 0.05) is 0 Å². The van der Waals surface area contributed by atoms with Crippen molar-refractivity contribution in [3.8, 4) is 0 Å². The van der Waals surface area contributed by atoms with Gasteiger partial charge in [-0.1, -0.05) is 88.0 Å². The number of carbonyl (C=O) groups excluding carboxylic acids is 1. The van der Waals surface area contributed by atoms with E-state index in [-0.39, 0.29) is 20.2 Å². The fourth-order valence-corrected chi connectivity index (χ4v) is 2.22. The van der Waals surface area contributed by atoms with Crippen molar-refractivity contribution in [3.05, 3.63) is 0 Å². The topological polar surface area (TPSA) is 35.5 Å². The van der Waals surface area contributed by atoms with Crippen LogP contribution in [0.25, 0.3) is 0 Å². The molecule has 3 heteroatoms. The molecule has 1 aliphatic carbocycles. The lowest BCUT2D eigenvalue weighted by Crippen LogP contribution is -2.26. The van der Waals surface area contributed by atoms with Gasteiger partial charge in [-0.15, -0.1) is 0 Å². The van der Waals surface area contributed by atoms with Crippen LogP contribution < -0.4 is 0 Å². The molecule has 0 aliphatic heterocycles. The Morgan fingerprint density at radius 1 is 0.962 bits per heavy atom. The van der Waals surface area contributed by atoms with Gasteiger partial charge in [0.2, 0.25) is 0 Å². The lowest BCUT2D eigenvalue weighted by atomic mass is 9.87. The molecule has 0 aromatic heterocycles. The Kier molecular flexibility index (Phi) is 19.3. The average molecular weight is 375 g/mol. The zero-order chi connectivity index (χ0) is 19.9. The van der Waals surface area contributed by atoms with Gasteiger partial charge >= 0.3 is 5.97 Å². The van der Waals surface area contributed by atoms with Gasteiger partial charge in [-0.2, -0.15) is 0 Å². The Hall–Kier alpha value is -0.570. The number of esters is 1. The van der Waals surface area contributed by atoms with E-state index in [1.54, 1.807) is 0 Å². The first-order valence-electron chi connectivity index (χ1n) is 10.3. The zero-order valence-electron chi connectivity index (χ0n) is 18.7. The molecule has 160 valence electrons. The molecule has 0 amide bonds. The van der Waals surface area contributed by atoms with Gasteiger partial charge in [0.25, 0.3) is 0 Å². The summed E-state index contributed by atoms with van der Waals surface area (Å²) in [6.07, 6.45) is 8.69. The van der Waals surface area contributed by atoms with E-state index in [4.69, 9.17) is 9.47 Å². The lowest BCUT2D eigenvalue weighted by Gasteiger charge is -2.22. The van der Waals surface area contributed by atoms with E-state index in [9.17, 15) is 4.79 Å². The van der Waals surface area contributed by atoms with Gasteiger partial charge in [-0.3, -0.25) is 4.79 Å². The summed E-state index contributed by atoms with van der Waals surface area (Å²) in [7, 11) is 0. The molecule has 0 bridgehead atoms. The largest absolute Gasteiger partial charge is 0.438 e. The first kappa shape index (κ1) is 30.2. The van der Waals surface area contributed by atoms with Crippen molar-refractivity contribution in [2.45, 2.75) is 115 Å². The number of hydrogen-bond acceptors (Lipinski definition) is 3. The molecular formula is C23H50O3. The Balaban J connectivity index is -0.000000571. The molecule has 1 aliphatic rings. The summed E-state index contributed by atoms with van der Waals surface area (Å²) in [5.74, 6) is 0.657. The fraction of sp³-hybridized carbons (Fsp3) is 0.957. The summed E-state index contributed by atoms with van der Waals surface area (Å²) in [6, 6.07) is 0. The first-order chi connectivity index (χ1) is 11.6. The number of carbonyl (C=O) groups is 1. The van der Waals surface area contributed by atoms with E-state index in [2.05, 4.69) is 27.7 Å². The maximum absolute atomic E-state index is 11.7. The highest BCUT2D eigenvalue weighted by Crippen LogP contribution is 2.26. The molecule has 3 nitrogen and oxygen atoms in total. The van der Waals surface area contributed by atoms with Gasteiger partial charge in [-0.05, 0) is 38.0 Å². The predicted molar refractivity (Wildman–Crippen MR) is 115 cm³/mol. The molecule has 0 spiro atoms. The molecule has 0 radical (unpaired) electrons. The second-order valence-corrected chi connectivity index (χ2v) is 8.99. The van der Waals surface area contributed by atoms with Crippen LogP contribution in [0.3, 0.4) is 0 Å². The molecule has 0 N–H and O–H groups in total. The van der Waals surface area contributed by atoms with Crippen molar-refractivity contribution in [3.63, 3.8) is 0 Å². The Morgan fingerprint density at radius 3 is 1.85 bits per heavy atom. The van der Waals surface area contributed by atoms with Crippen LogP contribution in [-0.2, 0) is 14.3 Å². The minimum Gasteiger partial charge on any atom is -0.438 e. The highest BCUT2D eigenvalue weighted by molar-refractivity contribution is 5.75. The Labute approximate surface area is 165 Å². The molecule has 1 fully saturated rings. The highest BCUT2D eigenvalue weighted by Gasteiger charge is 2.26. The lowest BCUT2D eigenvalue weighted by molar-refractivity contribution is -0.167. The first-order valence-corrected chi connectivity index (χ1v) is 10.3. The fourth-order valence-electron chi connectivity index (χ4n) is 2.22. The average Bonchev–Trinajstić information content (AvgIpc) is 2.55. The van der Waals surface area contributed by atoms with Crippen LogP contribution in [0.4, 0.5) is 0 Å². The van der Waals surface area contributed by atoms with Crippen LogP contribution in [0.1, 0.15) is 115 Å². The van der Waals surface area contributed by atoms with Crippen LogP contribution >= 0.6 is 0 Å². The van der Waals surface area contributed by atoms with E-state index in [0.717, 1.165) is 18.8 Å². The molecule has 0 aromatic carbocycles. The van der Waals surface area contributed by atoms with Crippen LogP contribution in [0, 0.1) is 16.7 Å². The molecule has 0 aromatic rings. The molecular weight excluding hydrogens is 324 g/mol. The van der Waals surface area contributed by atoms with Crippen LogP contribution in [-0.4, -0.2) is 19.4 Å². The Bertz CT molecular complexity index is 304. The summed E-state index contributed by atoms with van der Waals surface area (Å²) in [6.45, 7) is 19.4. The molecule has 26 heavy (non-hydrogen) atoms. The number of ether oxygens (including phenoxy) is 2. The summed E-state index contributed by atoms with van der Waals surface area (Å²) < 4.78 is 10.5. The predicted octanol–water partition coefficient (Wildman–Crippen LogP) is 7.63. The quantitative estimate of drug-likeness (QED) is 0.261. The van der Waals surface area contributed by atoms with E-state index >= 15 is 0 Å². The maximum atomic E-state index is 11.7. The van der Waals surface area contributed by atoms with E-state index in [0.29, 0.717) is 12.0 Å². The van der Waals surface area contributed by atoms with Gasteiger partial charge in [-0.25, -0.2) is 0 Å².